The first-order valence-electron chi connectivity index (χ1n) is 9.31. The minimum absolute atomic E-state index is 0.0145. The fourth-order valence-electron chi connectivity index (χ4n) is 3.15. The summed E-state index contributed by atoms with van der Waals surface area (Å²) in [5.74, 6) is -0.969. The average molecular weight is 545 g/mol. The Morgan fingerprint density at radius 2 is 1.61 bits per heavy atom. The third-order valence-corrected chi connectivity index (χ3v) is 5.97. The molecule has 1 N–H and O–H groups in total. The first-order chi connectivity index (χ1) is 14.9. The topological polar surface area (TPSA) is 56.0 Å². The van der Waals surface area contributed by atoms with Crippen molar-refractivity contribution in [2.24, 2.45) is 0 Å². The van der Waals surface area contributed by atoms with Gasteiger partial charge in [0.25, 0.3) is 11.5 Å². The molecule has 1 aromatic heterocycles. The van der Waals surface area contributed by atoms with Gasteiger partial charge in [0.2, 0.25) is 0 Å². The van der Waals surface area contributed by atoms with Gasteiger partial charge < -0.3 is 5.32 Å². The molecule has 4 aromatic rings. The zero-order valence-electron chi connectivity index (χ0n) is 16.1. The lowest BCUT2D eigenvalue weighted by atomic mass is 10.2. The van der Waals surface area contributed by atoms with E-state index in [1.54, 1.807) is 16.8 Å². The van der Waals surface area contributed by atoms with E-state index in [-0.39, 0.29) is 5.56 Å². The van der Waals surface area contributed by atoms with Crippen LogP contribution in [0, 0.1) is 5.82 Å². The van der Waals surface area contributed by atoms with Gasteiger partial charge in [-0.15, -0.1) is 0 Å². The molecule has 4 rings (SSSR count). The highest BCUT2D eigenvalue weighted by molar-refractivity contribution is 9.10. The van der Waals surface area contributed by atoms with Gasteiger partial charge in [-0.1, -0.05) is 50.1 Å². The number of halogens is 3. The predicted octanol–water partition coefficient (Wildman–Crippen LogP) is 5.60. The second kappa shape index (κ2) is 9.03. The fourth-order valence-corrected chi connectivity index (χ4v) is 3.82. The van der Waals surface area contributed by atoms with E-state index in [2.05, 4.69) is 37.2 Å². The standard InChI is InChI=1S/C23H16Br2FN3O2/c24-16-5-11-19(12-6-16)29-23(31)20(22(30)27-18-9-7-17(26)8-10-18)14-28(29)13-15-3-1-2-4-21(15)25/h1-12,14H,13H2,(H,27,30). The fraction of sp³-hybridized carbons (Fsp3) is 0.0435. The van der Waals surface area contributed by atoms with Gasteiger partial charge in [0, 0.05) is 20.8 Å². The Kier molecular flexibility index (Phi) is 6.20. The molecule has 0 saturated carbocycles. The lowest BCUT2D eigenvalue weighted by Crippen LogP contribution is -2.26. The summed E-state index contributed by atoms with van der Waals surface area (Å²) in [6.07, 6.45) is 1.53. The molecule has 0 unspecified atom stereocenters. The number of hydrogen-bond acceptors (Lipinski definition) is 2. The minimum atomic E-state index is -0.562. The van der Waals surface area contributed by atoms with Gasteiger partial charge in [0.05, 0.1) is 12.2 Å². The molecule has 1 heterocycles. The zero-order chi connectivity index (χ0) is 22.0. The molecular formula is C23H16Br2FN3O2. The Balaban J connectivity index is 1.76. The third-order valence-electron chi connectivity index (χ3n) is 4.67. The van der Waals surface area contributed by atoms with Crippen molar-refractivity contribution in [3.8, 4) is 5.69 Å². The van der Waals surface area contributed by atoms with Gasteiger partial charge in [-0.3, -0.25) is 14.3 Å². The molecular weight excluding hydrogens is 529 g/mol. The summed E-state index contributed by atoms with van der Waals surface area (Å²) < 4.78 is 18.1. The van der Waals surface area contributed by atoms with Crippen LogP contribution in [-0.4, -0.2) is 15.3 Å². The summed E-state index contributed by atoms with van der Waals surface area (Å²) in [4.78, 5) is 26.1. The molecule has 0 aliphatic rings. The largest absolute Gasteiger partial charge is 0.322 e. The second-order valence-electron chi connectivity index (χ2n) is 6.79. The average Bonchev–Trinajstić information content (AvgIpc) is 3.08. The monoisotopic (exact) mass is 543 g/mol. The van der Waals surface area contributed by atoms with Crippen LogP contribution >= 0.6 is 31.9 Å². The van der Waals surface area contributed by atoms with E-state index < -0.39 is 17.3 Å². The number of amides is 1. The molecule has 5 nitrogen and oxygen atoms in total. The quantitative estimate of drug-likeness (QED) is 0.355. The van der Waals surface area contributed by atoms with Crippen LogP contribution in [0.3, 0.4) is 0 Å². The molecule has 3 aromatic carbocycles. The van der Waals surface area contributed by atoms with Crippen LogP contribution in [-0.2, 0) is 6.54 Å². The van der Waals surface area contributed by atoms with Crippen molar-refractivity contribution in [3.63, 3.8) is 0 Å². The first-order valence-corrected chi connectivity index (χ1v) is 10.9. The van der Waals surface area contributed by atoms with Gasteiger partial charge in [-0.2, -0.15) is 0 Å². The van der Waals surface area contributed by atoms with Gasteiger partial charge in [0.1, 0.15) is 11.4 Å². The maximum atomic E-state index is 13.2. The summed E-state index contributed by atoms with van der Waals surface area (Å²) >= 11 is 6.93. The van der Waals surface area contributed by atoms with Crippen LogP contribution < -0.4 is 10.9 Å². The number of hydrogen-bond donors (Lipinski definition) is 1. The van der Waals surface area contributed by atoms with Crippen LogP contribution in [0.5, 0.6) is 0 Å². The Bertz CT molecular complexity index is 1300. The predicted molar refractivity (Wildman–Crippen MR) is 125 cm³/mol. The number of carbonyl (C=O) groups excluding carboxylic acids is 1. The molecule has 0 aliphatic heterocycles. The molecule has 0 radical (unpaired) electrons. The van der Waals surface area contributed by atoms with E-state index in [9.17, 15) is 14.0 Å². The molecule has 156 valence electrons. The molecule has 0 spiro atoms. The Hall–Kier alpha value is -2.97. The van der Waals surface area contributed by atoms with Gasteiger partial charge in [-0.25, -0.2) is 9.07 Å². The zero-order valence-corrected chi connectivity index (χ0v) is 19.2. The van der Waals surface area contributed by atoms with Crippen LogP contribution in [0.25, 0.3) is 5.69 Å². The normalized spacial score (nSPS) is 10.8. The van der Waals surface area contributed by atoms with Gasteiger partial charge in [-0.05, 0) is 60.2 Å². The van der Waals surface area contributed by atoms with Crippen molar-refractivity contribution in [2.75, 3.05) is 5.32 Å². The molecule has 0 fully saturated rings. The van der Waals surface area contributed by atoms with Gasteiger partial charge in [0.15, 0.2) is 0 Å². The molecule has 0 bridgehead atoms. The highest BCUT2D eigenvalue weighted by atomic mass is 79.9. The Morgan fingerprint density at radius 1 is 0.935 bits per heavy atom. The van der Waals surface area contributed by atoms with E-state index in [0.717, 1.165) is 14.5 Å². The number of nitrogens with one attached hydrogen (secondary N) is 1. The highest BCUT2D eigenvalue weighted by Crippen LogP contribution is 2.19. The summed E-state index contributed by atoms with van der Waals surface area (Å²) in [5.41, 5.74) is 1.52. The molecule has 8 heteroatoms. The van der Waals surface area contributed by atoms with E-state index in [4.69, 9.17) is 0 Å². The van der Waals surface area contributed by atoms with Crippen LogP contribution in [0.4, 0.5) is 10.1 Å². The number of aromatic nitrogens is 2. The number of anilines is 1. The number of nitrogens with zero attached hydrogens (tertiary/aromatic N) is 2. The van der Waals surface area contributed by atoms with E-state index in [1.165, 1.54) is 35.1 Å². The third kappa shape index (κ3) is 4.70. The van der Waals surface area contributed by atoms with Crippen LogP contribution in [0.2, 0.25) is 0 Å². The SMILES string of the molecule is O=C(Nc1ccc(F)cc1)c1cn(Cc2ccccc2Br)n(-c2ccc(Br)cc2)c1=O. The molecule has 1 amide bonds. The summed E-state index contributed by atoms with van der Waals surface area (Å²) in [5, 5.41) is 2.65. The molecule has 0 saturated heterocycles. The lowest BCUT2D eigenvalue weighted by Gasteiger charge is -2.13. The van der Waals surface area contributed by atoms with Crippen molar-refractivity contribution in [3.05, 3.63) is 115 Å². The maximum absolute atomic E-state index is 13.2. The smallest absolute Gasteiger partial charge is 0.284 e. The molecule has 31 heavy (non-hydrogen) atoms. The second-order valence-corrected chi connectivity index (χ2v) is 8.56. The van der Waals surface area contributed by atoms with Crippen LogP contribution in [0.1, 0.15) is 15.9 Å². The lowest BCUT2D eigenvalue weighted by molar-refractivity contribution is 0.102. The highest BCUT2D eigenvalue weighted by Gasteiger charge is 2.20. The number of benzene rings is 3. The maximum Gasteiger partial charge on any atom is 0.284 e. The van der Waals surface area contributed by atoms with E-state index in [0.29, 0.717) is 17.9 Å². The van der Waals surface area contributed by atoms with Crippen LogP contribution in [0.15, 0.2) is 92.7 Å². The van der Waals surface area contributed by atoms with E-state index >= 15 is 0 Å². The summed E-state index contributed by atoms with van der Waals surface area (Å²) in [7, 11) is 0. The van der Waals surface area contributed by atoms with Crippen molar-refractivity contribution >= 4 is 43.5 Å². The van der Waals surface area contributed by atoms with Crippen molar-refractivity contribution in [2.45, 2.75) is 6.54 Å². The molecule has 0 aliphatic carbocycles. The Labute approximate surface area is 194 Å². The number of rotatable bonds is 5. The van der Waals surface area contributed by atoms with Crippen molar-refractivity contribution in [1.29, 1.82) is 0 Å². The summed E-state index contributed by atoms with van der Waals surface area (Å²) in [6.45, 7) is 0.372. The molecule has 0 atom stereocenters. The van der Waals surface area contributed by atoms with Crippen molar-refractivity contribution in [1.82, 2.24) is 9.36 Å². The minimum Gasteiger partial charge on any atom is -0.322 e. The number of carbonyl (C=O) groups is 1. The van der Waals surface area contributed by atoms with E-state index in [1.807, 2.05) is 36.4 Å². The Morgan fingerprint density at radius 3 is 2.29 bits per heavy atom. The van der Waals surface area contributed by atoms with Gasteiger partial charge >= 0.3 is 0 Å². The first kappa shape index (κ1) is 21.3. The summed E-state index contributed by atoms with van der Waals surface area (Å²) in [6, 6.07) is 20.3. The van der Waals surface area contributed by atoms with Crippen molar-refractivity contribution < 1.29 is 9.18 Å².